The van der Waals surface area contributed by atoms with Gasteiger partial charge >= 0.3 is 6.03 Å². The van der Waals surface area contributed by atoms with E-state index >= 15 is 0 Å². The molecule has 30 heavy (non-hydrogen) atoms. The van der Waals surface area contributed by atoms with Gasteiger partial charge in [-0.15, -0.1) is 0 Å². The second-order valence-electron chi connectivity index (χ2n) is 8.24. The number of nitrogens with one attached hydrogen (secondary N) is 2. The molecule has 0 aliphatic heterocycles. The van der Waals surface area contributed by atoms with Gasteiger partial charge in [0.15, 0.2) is 5.96 Å². The van der Waals surface area contributed by atoms with Gasteiger partial charge in [0.25, 0.3) is 0 Å². The first kappa shape index (κ1) is 21.7. The van der Waals surface area contributed by atoms with Crippen LogP contribution in [0.1, 0.15) is 43.2 Å². The smallest absolute Gasteiger partial charge is 0.324 e. The van der Waals surface area contributed by atoms with Crippen molar-refractivity contribution in [2.75, 3.05) is 23.8 Å². The SMILES string of the molecule is Cc1ccc(NC(=N)N)cc1CN(CC1CCCCC1)C(=O)N(C)c1ccccc1. The molecule has 0 spiro atoms. The molecule has 0 radical (unpaired) electrons. The highest BCUT2D eigenvalue weighted by Crippen LogP contribution is 2.27. The minimum absolute atomic E-state index is 0.0103. The number of urea groups is 1. The molecule has 1 aliphatic carbocycles. The maximum atomic E-state index is 13.5. The van der Waals surface area contributed by atoms with Crippen molar-refractivity contribution < 1.29 is 4.79 Å². The number of carbonyl (C=O) groups excluding carboxylic acids is 1. The van der Waals surface area contributed by atoms with E-state index in [1.807, 2.05) is 60.5 Å². The largest absolute Gasteiger partial charge is 0.370 e. The van der Waals surface area contributed by atoms with Crippen molar-refractivity contribution in [2.45, 2.75) is 45.6 Å². The summed E-state index contributed by atoms with van der Waals surface area (Å²) in [5, 5.41) is 10.3. The molecule has 160 valence electrons. The number of amides is 2. The number of guanidine groups is 1. The first-order valence-electron chi connectivity index (χ1n) is 10.7. The standard InChI is InChI=1S/C24H33N5O/c1-18-13-14-21(27-23(25)26)15-20(18)17-29(16-19-9-5-3-6-10-19)24(30)28(2)22-11-7-4-8-12-22/h4,7-8,11-15,19H,3,5-6,9-10,16-17H2,1-2H3,(H4,25,26,27). The number of rotatable bonds is 6. The van der Waals surface area contributed by atoms with E-state index in [2.05, 4.69) is 12.2 Å². The molecule has 0 heterocycles. The van der Waals surface area contributed by atoms with Crippen LogP contribution >= 0.6 is 0 Å². The summed E-state index contributed by atoms with van der Waals surface area (Å²) < 4.78 is 0. The number of benzene rings is 2. The van der Waals surface area contributed by atoms with Crippen molar-refractivity contribution in [3.05, 3.63) is 59.7 Å². The first-order valence-corrected chi connectivity index (χ1v) is 10.7. The van der Waals surface area contributed by atoms with Crippen LogP contribution in [0.4, 0.5) is 16.2 Å². The van der Waals surface area contributed by atoms with Crippen LogP contribution in [0, 0.1) is 18.3 Å². The lowest BCUT2D eigenvalue weighted by Crippen LogP contribution is -2.43. The molecule has 0 bridgehead atoms. The Kier molecular flexibility index (Phi) is 7.33. The minimum atomic E-state index is -0.0937. The molecule has 0 unspecified atom stereocenters. The van der Waals surface area contributed by atoms with E-state index in [-0.39, 0.29) is 12.0 Å². The van der Waals surface area contributed by atoms with Crippen LogP contribution in [0.2, 0.25) is 0 Å². The van der Waals surface area contributed by atoms with Gasteiger partial charge in [-0.3, -0.25) is 10.3 Å². The van der Waals surface area contributed by atoms with Gasteiger partial charge in [-0.25, -0.2) is 4.79 Å². The molecule has 2 aromatic carbocycles. The highest BCUT2D eigenvalue weighted by molar-refractivity contribution is 5.91. The quantitative estimate of drug-likeness (QED) is 0.468. The topological polar surface area (TPSA) is 85.5 Å². The molecule has 0 atom stereocenters. The number of hydrogen-bond donors (Lipinski definition) is 3. The summed E-state index contributed by atoms with van der Waals surface area (Å²) in [6.45, 7) is 3.35. The lowest BCUT2D eigenvalue weighted by Gasteiger charge is -2.33. The third-order valence-electron chi connectivity index (χ3n) is 5.89. The van der Waals surface area contributed by atoms with Gasteiger partial charge in [0.05, 0.1) is 0 Å². The Balaban J connectivity index is 1.83. The van der Waals surface area contributed by atoms with Crippen LogP contribution in [0.25, 0.3) is 0 Å². The Morgan fingerprint density at radius 1 is 1.13 bits per heavy atom. The molecule has 6 nitrogen and oxygen atoms in total. The normalized spacial score (nSPS) is 14.2. The number of nitrogens with zero attached hydrogens (tertiary/aromatic N) is 2. The third kappa shape index (κ3) is 5.75. The van der Waals surface area contributed by atoms with E-state index in [0.717, 1.165) is 29.0 Å². The summed E-state index contributed by atoms with van der Waals surface area (Å²) in [7, 11) is 1.84. The van der Waals surface area contributed by atoms with Gasteiger partial charge < -0.3 is 16.0 Å². The van der Waals surface area contributed by atoms with E-state index in [1.54, 1.807) is 4.90 Å². The number of hydrogen-bond acceptors (Lipinski definition) is 2. The Bertz CT molecular complexity index is 861. The van der Waals surface area contributed by atoms with Crippen LogP contribution in [0.3, 0.4) is 0 Å². The van der Waals surface area contributed by atoms with Gasteiger partial charge in [-0.05, 0) is 61.1 Å². The predicted octanol–water partition coefficient (Wildman–Crippen LogP) is 4.94. The van der Waals surface area contributed by atoms with E-state index in [0.29, 0.717) is 12.5 Å². The first-order chi connectivity index (χ1) is 14.4. The average molecular weight is 408 g/mol. The number of anilines is 2. The molecule has 6 heteroatoms. The zero-order valence-electron chi connectivity index (χ0n) is 18.0. The Hall–Kier alpha value is -3.02. The molecular formula is C24H33N5O. The van der Waals surface area contributed by atoms with Crippen molar-refractivity contribution in [1.82, 2.24) is 4.90 Å². The van der Waals surface area contributed by atoms with Crippen LogP contribution in [-0.4, -0.2) is 30.5 Å². The lowest BCUT2D eigenvalue weighted by molar-refractivity contribution is 0.182. The average Bonchev–Trinajstić information content (AvgIpc) is 2.75. The molecule has 4 N–H and O–H groups in total. The summed E-state index contributed by atoms with van der Waals surface area (Å²) in [6, 6.07) is 15.7. The molecule has 2 amide bonds. The van der Waals surface area contributed by atoms with E-state index in [1.165, 1.54) is 32.1 Å². The third-order valence-corrected chi connectivity index (χ3v) is 5.89. The number of nitrogens with two attached hydrogens (primary N) is 1. The molecule has 2 aromatic rings. The van der Waals surface area contributed by atoms with Crippen molar-refractivity contribution >= 4 is 23.4 Å². The maximum absolute atomic E-state index is 13.5. The van der Waals surface area contributed by atoms with Crippen LogP contribution < -0.4 is 16.0 Å². The summed E-state index contributed by atoms with van der Waals surface area (Å²) in [5.41, 5.74) is 9.33. The molecule has 1 fully saturated rings. The summed E-state index contributed by atoms with van der Waals surface area (Å²) >= 11 is 0. The highest BCUT2D eigenvalue weighted by Gasteiger charge is 2.24. The minimum Gasteiger partial charge on any atom is -0.370 e. The van der Waals surface area contributed by atoms with Crippen LogP contribution in [-0.2, 0) is 6.54 Å². The number of para-hydroxylation sites is 1. The van der Waals surface area contributed by atoms with Crippen molar-refractivity contribution in [2.24, 2.45) is 11.7 Å². The fourth-order valence-electron chi connectivity index (χ4n) is 4.15. The van der Waals surface area contributed by atoms with Crippen molar-refractivity contribution in [3.8, 4) is 0 Å². The number of carbonyl (C=O) groups is 1. The highest BCUT2D eigenvalue weighted by atomic mass is 16.2. The Morgan fingerprint density at radius 2 is 1.83 bits per heavy atom. The summed E-state index contributed by atoms with van der Waals surface area (Å²) in [4.78, 5) is 17.2. The molecule has 3 rings (SSSR count). The summed E-state index contributed by atoms with van der Waals surface area (Å²) in [6.07, 6.45) is 6.16. The second-order valence-corrected chi connectivity index (χ2v) is 8.24. The van der Waals surface area contributed by atoms with Crippen molar-refractivity contribution in [1.29, 1.82) is 5.41 Å². The van der Waals surface area contributed by atoms with E-state index in [4.69, 9.17) is 11.1 Å². The van der Waals surface area contributed by atoms with E-state index < -0.39 is 0 Å². The molecule has 0 saturated heterocycles. The zero-order valence-corrected chi connectivity index (χ0v) is 18.0. The molecule has 1 saturated carbocycles. The Morgan fingerprint density at radius 3 is 2.50 bits per heavy atom. The predicted molar refractivity (Wildman–Crippen MR) is 124 cm³/mol. The van der Waals surface area contributed by atoms with Gasteiger partial charge in [0.1, 0.15) is 0 Å². The monoisotopic (exact) mass is 407 g/mol. The van der Waals surface area contributed by atoms with Gasteiger partial charge in [-0.1, -0.05) is 43.5 Å². The maximum Gasteiger partial charge on any atom is 0.324 e. The van der Waals surface area contributed by atoms with E-state index in [9.17, 15) is 4.79 Å². The van der Waals surface area contributed by atoms with Crippen molar-refractivity contribution in [3.63, 3.8) is 0 Å². The summed E-state index contributed by atoms with van der Waals surface area (Å²) in [5.74, 6) is 0.453. The number of aryl methyl sites for hydroxylation is 1. The molecular weight excluding hydrogens is 374 g/mol. The van der Waals surface area contributed by atoms with Gasteiger partial charge in [0, 0.05) is 31.5 Å². The van der Waals surface area contributed by atoms with Gasteiger partial charge in [0.2, 0.25) is 0 Å². The molecule has 0 aromatic heterocycles. The zero-order chi connectivity index (χ0) is 21.5. The van der Waals surface area contributed by atoms with Crippen LogP contribution in [0.5, 0.6) is 0 Å². The fraction of sp³-hybridized carbons (Fsp3) is 0.417. The Labute approximate surface area is 179 Å². The van der Waals surface area contributed by atoms with Crippen LogP contribution in [0.15, 0.2) is 48.5 Å². The molecule has 1 aliphatic rings. The second kappa shape index (κ2) is 10.1. The fourth-order valence-corrected chi connectivity index (χ4v) is 4.15. The lowest BCUT2D eigenvalue weighted by atomic mass is 9.89. The van der Waals surface area contributed by atoms with Gasteiger partial charge in [-0.2, -0.15) is 0 Å².